The molecule has 1 aliphatic rings. The second-order valence-electron chi connectivity index (χ2n) is 3.72. The highest BCUT2D eigenvalue weighted by molar-refractivity contribution is 7.06. The number of hydrogen-bond donors (Lipinski definition) is 1. The molecule has 0 aliphatic carbocycles. The van der Waals surface area contributed by atoms with Gasteiger partial charge in [-0.05, 0) is 29.6 Å². The number of rotatable bonds is 2. The molecule has 84 valence electrons. The van der Waals surface area contributed by atoms with E-state index in [0.717, 1.165) is 23.6 Å². The number of aromatic nitrogens is 1. The molecule has 16 heavy (non-hydrogen) atoms. The van der Waals surface area contributed by atoms with E-state index in [0.29, 0.717) is 5.88 Å². The Morgan fingerprint density at radius 3 is 3.38 bits per heavy atom. The molecule has 0 saturated heterocycles. The van der Waals surface area contributed by atoms with Gasteiger partial charge in [0.25, 0.3) is 0 Å². The Morgan fingerprint density at radius 1 is 1.62 bits per heavy atom. The summed E-state index contributed by atoms with van der Waals surface area (Å²) >= 11 is 1.45. The van der Waals surface area contributed by atoms with Crippen molar-refractivity contribution in [2.45, 2.75) is 12.5 Å². The Bertz CT molecular complexity index is 492. The fraction of sp³-hybridized carbons (Fsp3) is 0.364. The van der Waals surface area contributed by atoms with E-state index in [1.54, 1.807) is 13.4 Å². The summed E-state index contributed by atoms with van der Waals surface area (Å²) in [7, 11) is 1.63. The monoisotopic (exact) mass is 236 g/mol. The van der Waals surface area contributed by atoms with Crippen LogP contribution in [0.25, 0.3) is 0 Å². The third-order valence-electron chi connectivity index (χ3n) is 2.79. The van der Waals surface area contributed by atoms with Crippen LogP contribution in [0.5, 0.6) is 5.88 Å². The number of nitrogens with one attached hydrogen (secondary N) is 1. The second kappa shape index (κ2) is 3.92. The summed E-state index contributed by atoms with van der Waals surface area (Å²) in [6.45, 7) is 0.970. The molecule has 0 bridgehead atoms. The fourth-order valence-corrected chi connectivity index (χ4v) is 2.76. The molecule has 1 atom stereocenters. The van der Waals surface area contributed by atoms with E-state index in [4.69, 9.17) is 9.15 Å². The Morgan fingerprint density at radius 2 is 2.56 bits per heavy atom. The lowest BCUT2D eigenvalue weighted by molar-refractivity contribution is 0.400. The summed E-state index contributed by atoms with van der Waals surface area (Å²) in [5.74, 6) is 1.68. The van der Waals surface area contributed by atoms with Crippen LogP contribution in [-0.2, 0) is 6.42 Å². The van der Waals surface area contributed by atoms with Crippen molar-refractivity contribution in [3.63, 3.8) is 0 Å². The minimum absolute atomic E-state index is 0.125. The SMILES string of the molecule is COc1cc(C2NCCc3ccoc32)sn1. The molecule has 0 aromatic carbocycles. The molecule has 1 aliphatic heterocycles. The van der Waals surface area contributed by atoms with Crippen LogP contribution in [0.2, 0.25) is 0 Å². The zero-order valence-electron chi connectivity index (χ0n) is 8.90. The molecular weight excluding hydrogens is 224 g/mol. The normalized spacial score (nSPS) is 19.4. The van der Waals surface area contributed by atoms with Gasteiger partial charge in [-0.1, -0.05) is 0 Å². The summed E-state index contributed by atoms with van der Waals surface area (Å²) in [5, 5.41) is 3.44. The first-order chi connectivity index (χ1) is 7.88. The van der Waals surface area contributed by atoms with E-state index in [1.807, 2.05) is 12.1 Å². The molecule has 1 unspecified atom stereocenters. The van der Waals surface area contributed by atoms with E-state index in [2.05, 4.69) is 9.69 Å². The maximum Gasteiger partial charge on any atom is 0.225 e. The van der Waals surface area contributed by atoms with Crippen molar-refractivity contribution in [1.82, 2.24) is 9.69 Å². The number of hydrogen-bond acceptors (Lipinski definition) is 5. The summed E-state index contributed by atoms with van der Waals surface area (Å²) in [6, 6.07) is 4.13. The van der Waals surface area contributed by atoms with Crippen molar-refractivity contribution in [1.29, 1.82) is 0 Å². The van der Waals surface area contributed by atoms with Gasteiger partial charge in [0.05, 0.1) is 18.3 Å². The van der Waals surface area contributed by atoms with Gasteiger partial charge in [-0.15, -0.1) is 0 Å². The molecule has 1 N–H and O–H groups in total. The molecule has 0 spiro atoms. The van der Waals surface area contributed by atoms with Crippen LogP contribution in [0.4, 0.5) is 0 Å². The van der Waals surface area contributed by atoms with E-state index in [-0.39, 0.29) is 6.04 Å². The highest BCUT2D eigenvalue weighted by atomic mass is 32.1. The van der Waals surface area contributed by atoms with Gasteiger partial charge in [0.1, 0.15) is 11.8 Å². The first-order valence-electron chi connectivity index (χ1n) is 5.18. The van der Waals surface area contributed by atoms with Crippen molar-refractivity contribution >= 4 is 11.5 Å². The van der Waals surface area contributed by atoms with Crippen LogP contribution >= 0.6 is 11.5 Å². The Kier molecular flexibility index (Phi) is 2.41. The van der Waals surface area contributed by atoms with Gasteiger partial charge in [0.2, 0.25) is 5.88 Å². The van der Waals surface area contributed by atoms with Crippen LogP contribution in [0, 0.1) is 0 Å². The van der Waals surface area contributed by atoms with E-state index < -0.39 is 0 Å². The average molecular weight is 236 g/mol. The number of methoxy groups -OCH3 is 1. The predicted octanol–water partition coefficient (Wildman–Crippen LogP) is 1.98. The Labute approximate surface area is 97.4 Å². The summed E-state index contributed by atoms with van der Waals surface area (Å²) in [5.41, 5.74) is 1.29. The van der Waals surface area contributed by atoms with Crippen LogP contribution in [-0.4, -0.2) is 18.0 Å². The van der Waals surface area contributed by atoms with Gasteiger partial charge in [-0.25, -0.2) is 0 Å². The molecule has 3 rings (SSSR count). The number of fused-ring (bicyclic) bond motifs is 1. The standard InChI is InChI=1S/C11H12N2O2S/c1-14-9-6-8(16-13-9)10-11-7(2-4-12-10)3-5-15-11/h3,5-6,10,12H,2,4H2,1H3. The lowest BCUT2D eigenvalue weighted by atomic mass is 10.0. The summed E-state index contributed by atoms with van der Waals surface area (Å²) in [4.78, 5) is 1.13. The molecular formula is C11H12N2O2S. The molecule has 0 fully saturated rings. The van der Waals surface area contributed by atoms with Gasteiger partial charge in [-0.3, -0.25) is 0 Å². The predicted molar refractivity (Wildman–Crippen MR) is 60.9 cm³/mol. The van der Waals surface area contributed by atoms with Gasteiger partial charge >= 0.3 is 0 Å². The van der Waals surface area contributed by atoms with Crippen molar-refractivity contribution < 1.29 is 9.15 Å². The van der Waals surface area contributed by atoms with Crippen LogP contribution in [0.15, 0.2) is 22.8 Å². The van der Waals surface area contributed by atoms with Gasteiger partial charge in [0, 0.05) is 12.6 Å². The Balaban J connectivity index is 1.97. The largest absolute Gasteiger partial charge is 0.480 e. The fourth-order valence-electron chi connectivity index (χ4n) is 1.99. The highest BCUT2D eigenvalue weighted by Gasteiger charge is 2.26. The first-order valence-corrected chi connectivity index (χ1v) is 5.96. The third-order valence-corrected chi connectivity index (χ3v) is 3.62. The second-order valence-corrected chi connectivity index (χ2v) is 4.56. The highest BCUT2D eigenvalue weighted by Crippen LogP contribution is 2.33. The molecule has 0 saturated carbocycles. The van der Waals surface area contributed by atoms with Crippen LogP contribution in [0.3, 0.4) is 0 Å². The van der Waals surface area contributed by atoms with Gasteiger partial charge in [-0.2, -0.15) is 4.37 Å². The lowest BCUT2D eigenvalue weighted by Gasteiger charge is -2.21. The lowest BCUT2D eigenvalue weighted by Crippen LogP contribution is -2.29. The molecule has 2 aromatic rings. The zero-order chi connectivity index (χ0) is 11.0. The first kappa shape index (κ1) is 9.86. The summed E-state index contributed by atoms with van der Waals surface area (Å²) in [6.07, 6.45) is 2.78. The quantitative estimate of drug-likeness (QED) is 0.866. The average Bonchev–Trinajstić information content (AvgIpc) is 2.97. The molecule has 0 amide bonds. The number of ether oxygens (including phenoxy) is 1. The van der Waals surface area contributed by atoms with Crippen molar-refractivity contribution in [2.75, 3.05) is 13.7 Å². The minimum atomic E-state index is 0.125. The molecule has 0 radical (unpaired) electrons. The number of furan rings is 1. The zero-order valence-corrected chi connectivity index (χ0v) is 9.71. The number of nitrogens with zero attached hydrogens (tertiary/aromatic N) is 1. The van der Waals surface area contributed by atoms with Gasteiger partial charge in [0.15, 0.2) is 0 Å². The van der Waals surface area contributed by atoms with Crippen molar-refractivity contribution in [2.24, 2.45) is 0 Å². The third kappa shape index (κ3) is 1.52. The Hall–Kier alpha value is -1.33. The minimum Gasteiger partial charge on any atom is -0.480 e. The topological polar surface area (TPSA) is 47.3 Å². The molecule has 4 nitrogen and oxygen atoms in total. The van der Waals surface area contributed by atoms with Crippen molar-refractivity contribution in [3.05, 3.63) is 34.6 Å². The molecule has 3 heterocycles. The van der Waals surface area contributed by atoms with E-state index >= 15 is 0 Å². The van der Waals surface area contributed by atoms with Crippen LogP contribution in [0.1, 0.15) is 22.2 Å². The van der Waals surface area contributed by atoms with Gasteiger partial charge < -0.3 is 14.5 Å². The van der Waals surface area contributed by atoms with Crippen molar-refractivity contribution in [3.8, 4) is 5.88 Å². The van der Waals surface area contributed by atoms with Crippen LogP contribution < -0.4 is 10.1 Å². The van der Waals surface area contributed by atoms with E-state index in [1.165, 1.54) is 17.1 Å². The molecule has 2 aromatic heterocycles. The van der Waals surface area contributed by atoms with E-state index in [9.17, 15) is 0 Å². The molecule has 5 heteroatoms. The smallest absolute Gasteiger partial charge is 0.225 e. The summed E-state index contributed by atoms with van der Waals surface area (Å²) < 4.78 is 14.8. The maximum atomic E-state index is 5.54. The maximum absolute atomic E-state index is 5.54.